The lowest BCUT2D eigenvalue weighted by atomic mass is 10.1. The van der Waals surface area contributed by atoms with Gasteiger partial charge in [0.25, 0.3) is 21.9 Å². The van der Waals surface area contributed by atoms with Gasteiger partial charge in [0.2, 0.25) is 5.91 Å². The number of nitrogens with one attached hydrogen (secondary N) is 4. The smallest absolute Gasteiger partial charge is 0.295 e. The Morgan fingerprint density at radius 1 is 0.792 bits per heavy atom. The first-order valence-corrected chi connectivity index (χ1v) is 19.5. The Labute approximate surface area is 309 Å². The summed E-state index contributed by atoms with van der Waals surface area (Å²) in [5, 5.41) is 15.7. The van der Waals surface area contributed by atoms with E-state index in [4.69, 9.17) is 0 Å². The molecule has 0 saturated carbocycles. The molecule has 0 aliphatic carbocycles. The van der Waals surface area contributed by atoms with Gasteiger partial charge in [-0.1, -0.05) is 91.0 Å². The number of pyridine rings is 1. The molecule has 1 unspecified atom stereocenters. The number of aromatic nitrogens is 1. The van der Waals surface area contributed by atoms with E-state index in [0.29, 0.717) is 31.4 Å². The molecule has 5 aromatic rings. The molecule has 4 aromatic carbocycles. The Hall–Kier alpha value is -5.75. The number of rotatable bonds is 16. The molecule has 0 bridgehead atoms. The summed E-state index contributed by atoms with van der Waals surface area (Å²) in [5.74, 6) is -0.759. The Morgan fingerprint density at radius 3 is 2.09 bits per heavy atom. The van der Waals surface area contributed by atoms with Gasteiger partial charge in [-0.2, -0.15) is 13.5 Å². The van der Waals surface area contributed by atoms with E-state index in [1.54, 1.807) is 12.1 Å². The first-order chi connectivity index (χ1) is 25.6. The van der Waals surface area contributed by atoms with Gasteiger partial charge >= 0.3 is 0 Å². The second kappa shape index (κ2) is 18.7. The van der Waals surface area contributed by atoms with Gasteiger partial charge in [-0.25, -0.2) is 4.98 Å². The van der Waals surface area contributed by atoms with Crippen molar-refractivity contribution in [2.24, 2.45) is 5.10 Å². The van der Waals surface area contributed by atoms with Crippen LogP contribution in [0, 0.1) is 0 Å². The maximum atomic E-state index is 13.2. The van der Waals surface area contributed by atoms with Crippen LogP contribution in [0.15, 0.2) is 138 Å². The van der Waals surface area contributed by atoms with Gasteiger partial charge in [0.05, 0.1) is 11.8 Å². The van der Waals surface area contributed by atoms with Crippen LogP contribution in [0.1, 0.15) is 45.5 Å². The quantitative estimate of drug-likeness (QED) is 0.0331. The van der Waals surface area contributed by atoms with Crippen molar-refractivity contribution in [2.75, 3.05) is 19.0 Å². The lowest BCUT2D eigenvalue weighted by Crippen LogP contribution is -2.45. The molecule has 14 heteroatoms. The normalized spacial score (nSPS) is 11.9. The average Bonchev–Trinajstić information content (AvgIpc) is 3.18. The van der Waals surface area contributed by atoms with Crippen LogP contribution in [0.4, 0.5) is 5.82 Å². The molecule has 5 rings (SSSR count). The molecule has 0 spiro atoms. The van der Waals surface area contributed by atoms with Crippen LogP contribution in [-0.4, -0.2) is 61.5 Å². The first-order valence-electron chi connectivity index (χ1n) is 16.8. The van der Waals surface area contributed by atoms with Crippen molar-refractivity contribution in [2.45, 2.75) is 30.2 Å². The predicted octanol–water partition coefficient (Wildman–Crippen LogP) is 3.98. The Kier molecular flexibility index (Phi) is 13.5. The van der Waals surface area contributed by atoms with Crippen molar-refractivity contribution in [3.63, 3.8) is 0 Å². The molecule has 0 fully saturated rings. The van der Waals surface area contributed by atoms with Crippen LogP contribution >= 0.6 is 7.92 Å². The van der Waals surface area contributed by atoms with Crippen LogP contribution in [-0.2, 0) is 14.9 Å². The summed E-state index contributed by atoms with van der Waals surface area (Å²) in [6.45, 7) is 0.395. The Balaban J connectivity index is 1.12. The highest BCUT2D eigenvalue weighted by Gasteiger charge is 2.21. The number of hydrogen-bond acceptors (Lipinski definition) is 8. The molecule has 3 amide bonds. The second-order valence-corrected chi connectivity index (χ2v) is 15.4. The van der Waals surface area contributed by atoms with Crippen molar-refractivity contribution in [1.29, 1.82) is 0 Å². The summed E-state index contributed by atoms with van der Waals surface area (Å²) < 4.78 is 32.5. The number of hydrogen-bond donors (Lipinski definition) is 5. The number of likely N-dealkylation sites (N-methyl/N-ethyl adjacent to an activating group) is 1. The zero-order chi connectivity index (χ0) is 37.6. The van der Waals surface area contributed by atoms with Gasteiger partial charge < -0.3 is 16.0 Å². The fourth-order valence-corrected chi connectivity index (χ4v) is 8.44. The monoisotopic (exact) mass is 750 g/mol. The molecule has 272 valence electrons. The third kappa shape index (κ3) is 10.9. The van der Waals surface area contributed by atoms with Crippen LogP contribution < -0.4 is 37.3 Å². The second-order valence-electron chi connectivity index (χ2n) is 11.8. The van der Waals surface area contributed by atoms with E-state index in [1.165, 1.54) is 60.4 Å². The molecule has 1 heterocycles. The maximum Gasteiger partial charge on any atom is 0.295 e. The minimum Gasteiger partial charge on any atom is -0.357 e. The van der Waals surface area contributed by atoms with Crippen molar-refractivity contribution >= 4 is 63.7 Å². The summed E-state index contributed by atoms with van der Waals surface area (Å²) in [5.41, 5.74) is 3.59. The lowest BCUT2D eigenvalue weighted by molar-refractivity contribution is -0.122. The summed E-state index contributed by atoms with van der Waals surface area (Å²) in [6.07, 6.45) is 4.03. The third-order valence-corrected chi connectivity index (χ3v) is 11.4. The van der Waals surface area contributed by atoms with E-state index >= 15 is 0 Å². The van der Waals surface area contributed by atoms with Gasteiger partial charge in [0, 0.05) is 30.9 Å². The van der Waals surface area contributed by atoms with Crippen LogP contribution in [0.25, 0.3) is 0 Å². The summed E-state index contributed by atoms with van der Waals surface area (Å²) in [6, 6.07) is 36.3. The maximum absolute atomic E-state index is 13.2. The molecule has 0 saturated heterocycles. The highest BCUT2D eigenvalue weighted by Crippen LogP contribution is 2.32. The standard InChI is InChI=1S/C39H39N6O6PS/c1-40-39(48)34(44-38(47)30-22-23-36(42-26-30)45-43-27-29-13-8-9-21-35(29)53(49,50)51)20-10-11-24-41-37(46)28-14-12-19-33(25-28)52(31-15-4-2-5-16-31)32-17-6-3-7-18-32/h2-9,12-19,21-23,25-27,34H,10-11,20,24H2,1H3,(H,40,48)(H,41,46)(H,42,45)(H,44,47)(H,49,50,51). The first kappa shape index (κ1) is 38.5. The van der Waals surface area contributed by atoms with Gasteiger partial charge in [0.15, 0.2) is 0 Å². The molecule has 1 atom stereocenters. The van der Waals surface area contributed by atoms with E-state index < -0.39 is 30.0 Å². The molecule has 0 aliphatic rings. The zero-order valence-corrected chi connectivity index (χ0v) is 30.6. The molecule has 0 aliphatic heterocycles. The van der Waals surface area contributed by atoms with Gasteiger partial charge in [-0.15, -0.1) is 0 Å². The topological polar surface area (TPSA) is 179 Å². The van der Waals surface area contributed by atoms with E-state index in [9.17, 15) is 27.4 Å². The molecule has 0 radical (unpaired) electrons. The summed E-state index contributed by atoms with van der Waals surface area (Å²) in [7, 11) is -3.78. The van der Waals surface area contributed by atoms with E-state index in [-0.39, 0.29) is 33.7 Å². The molecule has 5 N–H and O–H groups in total. The Bertz CT molecular complexity index is 2110. The number of unbranched alkanes of at least 4 members (excludes halogenated alkanes) is 1. The molecule has 12 nitrogen and oxygen atoms in total. The fraction of sp³-hybridized carbons (Fsp3) is 0.154. The number of anilines is 1. The minimum absolute atomic E-state index is 0.170. The largest absolute Gasteiger partial charge is 0.357 e. The van der Waals surface area contributed by atoms with Crippen molar-refractivity contribution < 1.29 is 27.4 Å². The number of carbonyl (C=O) groups excluding carboxylic acids is 3. The van der Waals surface area contributed by atoms with E-state index in [2.05, 4.69) is 61.8 Å². The highest BCUT2D eigenvalue weighted by atomic mass is 32.2. The van der Waals surface area contributed by atoms with Gasteiger partial charge in [-0.3, -0.25) is 24.4 Å². The molecule has 1 aromatic heterocycles. The number of amides is 3. The van der Waals surface area contributed by atoms with Crippen LogP contribution in [0.3, 0.4) is 0 Å². The number of benzene rings is 4. The fourth-order valence-electron chi connectivity index (χ4n) is 5.43. The zero-order valence-electron chi connectivity index (χ0n) is 28.8. The SMILES string of the molecule is CNC(=O)C(CCCCNC(=O)c1cccc(P(c2ccccc2)c2ccccc2)c1)NC(=O)c1ccc(NN=Cc2ccccc2S(=O)(=O)O)nc1. The number of carbonyl (C=O) groups is 3. The lowest BCUT2D eigenvalue weighted by Gasteiger charge is -2.20. The molecular formula is C39H39N6O6PS. The molecule has 53 heavy (non-hydrogen) atoms. The highest BCUT2D eigenvalue weighted by molar-refractivity contribution is 7.86. The summed E-state index contributed by atoms with van der Waals surface area (Å²) >= 11 is 0. The average molecular weight is 751 g/mol. The predicted molar refractivity (Wildman–Crippen MR) is 208 cm³/mol. The van der Waals surface area contributed by atoms with Crippen molar-refractivity contribution in [3.8, 4) is 0 Å². The van der Waals surface area contributed by atoms with Gasteiger partial charge in [-0.05, 0) is 73.4 Å². The third-order valence-electron chi connectivity index (χ3n) is 8.07. The summed E-state index contributed by atoms with van der Waals surface area (Å²) in [4.78, 5) is 42.6. The van der Waals surface area contributed by atoms with Crippen molar-refractivity contribution in [1.82, 2.24) is 20.9 Å². The van der Waals surface area contributed by atoms with E-state index in [0.717, 1.165) is 5.30 Å². The van der Waals surface area contributed by atoms with Crippen LogP contribution in [0.5, 0.6) is 0 Å². The van der Waals surface area contributed by atoms with Gasteiger partial charge in [0.1, 0.15) is 16.8 Å². The minimum atomic E-state index is -4.43. The van der Waals surface area contributed by atoms with E-state index in [1.807, 2.05) is 48.5 Å². The Morgan fingerprint density at radius 2 is 1.45 bits per heavy atom. The van der Waals surface area contributed by atoms with Crippen molar-refractivity contribution in [3.05, 3.63) is 144 Å². The van der Waals surface area contributed by atoms with Crippen LogP contribution in [0.2, 0.25) is 0 Å². The number of hydrazone groups is 1. The number of nitrogens with zero attached hydrogens (tertiary/aromatic N) is 2. The molecular weight excluding hydrogens is 712 g/mol.